The van der Waals surface area contributed by atoms with E-state index in [4.69, 9.17) is 22.1 Å². The van der Waals surface area contributed by atoms with Gasteiger partial charge in [0.25, 0.3) is 0 Å². The van der Waals surface area contributed by atoms with Crippen LogP contribution in [0.1, 0.15) is 11.1 Å². The third-order valence-electron chi connectivity index (χ3n) is 3.94. The van der Waals surface area contributed by atoms with Gasteiger partial charge in [-0.25, -0.2) is 4.79 Å². The molecule has 0 spiro atoms. The van der Waals surface area contributed by atoms with Crippen molar-refractivity contribution >= 4 is 23.3 Å². The van der Waals surface area contributed by atoms with E-state index in [0.29, 0.717) is 5.02 Å². The zero-order chi connectivity index (χ0) is 21.0. The first-order chi connectivity index (χ1) is 13.7. The van der Waals surface area contributed by atoms with Crippen molar-refractivity contribution in [1.29, 1.82) is 0 Å². The van der Waals surface area contributed by atoms with E-state index in [9.17, 15) is 18.0 Å². The number of carbonyl (C=O) groups excluding carboxylic acids is 1. The maximum Gasteiger partial charge on any atom is 0.416 e. The number of nitrogens with one attached hydrogen (secondary N) is 1. The van der Waals surface area contributed by atoms with E-state index < -0.39 is 17.8 Å². The topological polar surface area (TPSA) is 77.2 Å². The standard InChI is InChI=1S/C20H15ClF3N3O2/c21-14-6-3-12(4-7-14)11-29-17-2-1-9-26-18(17)15-10-13(20(22,23)24)5-8-16(15)27-19(25)28/h1-10H,11H2,(H3,25,27,28). The van der Waals surface area contributed by atoms with Crippen LogP contribution in [0.4, 0.5) is 23.7 Å². The first kappa shape index (κ1) is 20.5. The van der Waals surface area contributed by atoms with Gasteiger partial charge in [-0.3, -0.25) is 4.98 Å². The van der Waals surface area contributed by atoms with E-state index in [2.05, 4.69) is 10.3 Å². The maximum atomic E-state index is 13.2. The number of urea groups is 1. The van der Waals surface area contributed by atoms with E-state index in [-0.39, 0.29) is 29.3 Å². The van der Waals surface area contributed by atoms with Gasteiger partial charge in [0.15, 0.2) is 0 Å². The molecule has 3 N–H and O–H groups in total. The molecule has 1 aromatic heterocycles. The van der Waals surface area contributed by atoms with Crippen molar-refractivity contribution in [1.82, 2.24) is 4.98 Å². The van der Waals surface area contributed by atoms with Crippen molar-refractivity contribution in [2.24, 2.45) is 5.73 Å². The summed E-state index contributed by atoms with van der Waals surface area (Å²) in [4.78, 5) is 15.4. The molecule has 0 bridgehead atoms. The van der Waals surface area contributed by atoms with Crippen LogP contribution < -0.4 is 15.8 Å². The molecule has 0 saturated carbocycles. The van der Waals surface area contributed by atoms with Gasteiger partial charge in [0.2, 0.25) is 0 Å². The summed E-state index contributed by atoms with van der Waals surface area (Å²) in [6.45, 7) is 0.146. The Bertz CT molecular complexity index is 1020. The second-order valence-corrected chi connectivity index (χ2v) is 6.45. The van der Waals surface area contributed by atoms with Crippen molar-refractivity contribution < 1.29 is 22.7 Å². The van der Waals surface area contributed by atoms with Crippen molar-refractivity contribution in [3.8, 4) is 17.0 Å². The second-order valence-electron chi connectivity index (χ2n) is 6.01. The van der Waals surface area contributed by atoms with Crippen LogP contribution in [-0.4, -0.2) is 11.0 Å². The van der Waals surface area contributed by atoms with Gasteiger partial charge in [-0.1, -0.05) is 23.7 Å². The van der Waals surface area contributed by atoms with Gasteiger partial charge in [0, 0.05) is 16.8 Å². The highest BCUT2D eigenvalue weighted by Gasteiger charge is 2.31. The molecule has 0 aliphatic rings. The molecule has 2 aromatic carbocycles. The fourth-order valence-corrected chi connectivity index (χ4v) is 2.74. The fourth-order valence-electron chi connectivity index (χ4n) is 2.61. The summed E-state index contributed by atoms with van der Waals surface area (Å²) < 4.78 is 45.4. The summed E-state index contributed by atoms with van der Waals surface area (Å²) >= 11 is 5.86. The van der Waals surface area contributed by atoms with Crippen molar-refractivity contribution in [2.45, 2.75) is 12.8 Å². The Morgan fingerprint density at radius 3 is 2.52 bits per heavy atom. The molecule has 29 heavy (non-hydrogen) atoms. The van der Waals surface area contributed by atoms with Crippen molar-refractivity contribution in [3.63, 3.8) is 0 Å². The Kier molecular flexibility index (Phi) is 5.93. The lowest BCUT2D eigenvalue weighted by Crippen LogP contribution is -2.20. The van der Waals surface area contributed by atoms with Gasteiger partial charge in [-0.05, 0) is 48.0 Å². The lowest BCUT2D eigenvalue weighted by Gasteiger charge is -2.16. The summed E-state index contributed by atoms with van der Waals surface area (Å²) in [7, 11) is 0. The molecule has 0 aliphatic carbocycles. The molecular formula is C20H15ClF3N3O2. The van der Waals surface area contributed by atoms with E-state index in [1.165, 1.54) is 6.20 Å². The minimum atomic E-state index is -4.57. The monoisotopic (exact) mass is 421 g/mol. The minimum absolute atomic E-state index is 0.0327. The number of rotatable bonds is 5. The predicted octanol–water partition coefficient (Wildman–Crippen LogP) is 5.49. The Labute approximate surface area is 169 Å². The van der Waals surface area contributed by atoms with Crippen LogP contribution in [0, 0.1) is 0 Å². The van der Waals surface area contributed by atoms with Gasteiger partial charge in [0.05, 0.1) is 11.3 Å². The van der Waals surface area contributed by atoms with E-state index in [1.807, 2.05) is 0 Å². The normalized spacial score (nSPS) is 11.2. The molecule has 3 aromatic rings. The molecule has 0 aliphatic heterocycles. The second kappa shape index (κ2) is 8.40. The average Bonchev–Trinajstić information content (AvgIpc) is 2.67. The molecule has 0 atom stereocenters. The number of hydrogen-bond donors (Lipinski definition) is 2. The molecule has 0 fully saturated rings. The van der Waals surface area contributed by atoms with Crippen LogP contribution in [0.5, 0.6) is 5.75 Å². The number of anilines is 1. The maximum absolute atomic E-state index is 13.2. The molecule has 150 valence electrons. The van der Waals surface area contributed by atoms with Gasteiger partial charge >= 0.3 is 12.2 Å². The Morgan fingerprint density at radius 2 is 1.86 bits per heavy atom. The number of carbonyl (C=O) groups is 1. The number of hydrogen-bond acceptors (Lipinski definition) is 3. The number of amides is 2. The van der Waals surface area contributed by atoms with Crippen molar-refractivity contribution in [3.05, 3.63) is 76.9 Å². The number of alkyl halides is 3. The summed E-state index contributed by atoms with van der Waals surface area (Å²) in [6.07, 6.45) is -3.15. The van der Waals surface area contributed by atoms with Crippen LogP contribution in [0.15, 0.2) is 60.8 Å². The zero-order valence-electron chi connectivity index (χ0n) is 14.8. The Balaban J connectivity index is 2.00. The average molecular weight is 422 g/mol. The van der Waals surface area contributed by atoms with E-state index in [0.717, 1.165) is 23.8 Å². The van der Waals surface area contributed by atoms with Crippen LogP contribution in [0.3, 0.4) is 0 Å². The minimum Gasteiger partial charge on any atom is -0.487 e. The third-order valence-corrected chi connectivity index (χ3v) is 4.19. The van der Waals surface area contributed by atoms with Crippen LogP contribution >= 0.6 is 11.6 Å². The number of aromatic nitrogens is 1. The summed E-state index contributed by atoms with van der Waals surface area (Å²) in [5.41, 5.74) is 5.31. The van der Waals surface area contributed by atoms with Crippen LogP contribution in [0.25, 0.3) is 11.3 Å². The molecule has 9 heteroatoms. The lowest BCUT2D eigenvalue weighted by molar-refractivity contribution is -0.137. The number of ether oxygens (including phenoxy) is 1. The van der Waals surface area contributed by atoms with Crippen LogP contribution in [0.2, 0.25) is 5.02 Å². The molecular weight excluding hydrogens is 407 g/mol. The van der Waals surface area contributed by atoms with Gasteiger partial charge in [-0.15, -0.1) is 0 Å². The van der Waals surface area contributed by atoms with Gasteiger partial charge < -0.3 is 15.8 Å². The Morgan fingerprint density at radius 1 is 1.14 bits per heavy atom. The highest BCUT2D eigenvalue weighted by Crippen LogP contribution is 2.38. The number of benzene rings is 2. The largest absolute Gasteiger partial charge is 0.487 e. The highest BCUT2D eigenvalue weighted by atomic mass is 35.5. The molecule has 5 nitrogen and oxygen atoms in total. The number of pyridine rings is 1. The van der Waals surface area contributed by atoms with Gasteiger partial charge in [0.1, 0.15) is 18.1 Å². The SMILES string of the molecule is NC(=O)Nc1ccc(C(F)(F)F)cc1-c1ncccc1OCc1ccc(Cl)cc1. The Hall–Kier alpha value is -3.26. The summed E-state index contributed by atoms with van der Waals surface area (Å²) in [5.74, 6) is 0.245. The van der Waals surface area contributed by atoms with Crippen molar-refractivity contribution in [2.75, 3.05) is 5.32 Å². The lowest BCUT2D eigenvalue weighted by atomic mass is 10.0. The summed E-state index contributed by atoms with van der Waals surface area (Å²) in [6, 6.07) is 12.1. The van der Waals surface area contributed by atoms with Gasteiger partial charge in [-0.2, -0.15) is 13.2 Å². The molecule has 3 rings (SSSR count). The molecule has 2 amide bonds. The molecule has 0 saturated heterocycles. The number of primary amides is 1. The molecule has 0 unspecified atom stereocenters. The number of nitrogens with zero attached hydrogens (tertiary/aromatic N) is 1. The first-order valence-corrected chi connectivity index (χ1v) is 8.72. The quantitative estimate of drug-likeness (QED) is 0.571. The smallest absolute Gasteiger partial charge is 0.416 e. The number of nitrogens with two attached hydrogens (primary N) is 1. The molecule has 0 radical (unpaired) electrons. The van der Waals surface area contributed by atoms with E-state index in [1.54, 1.807) is 36.4 Å². The fraction of sp³-hybridized carbons (Fsp3) is 0.100. The third kappa shape index (κ3) is 5.17. The highest BCUT2D eigenvalue weighted by molar-refractivity contribution is 6.30. The summed E-state index contributed by atoms with van der Waals surface area (Å²) in [5, 5.41) is 2.89. The predicted molar refractivity (Wildman–Crippen MR) is 104 cm³/mol. The van der Waals surface area contributed by atoms with Crippen LogP contribution in [-0.2, 0) is 12.8 Å². The number of halogens is 4. The first-order valence-electron chi connectivity index (χ1n) is 8.34. The molecule has 1 heterocycles. The zero-order valence-corrected chi connectivity index (χ0v) is 15.6. The van der Waals surface area contributed by atoms with E-state index >= 15 is 0 Å².